The van der Waals surface area contributed by atoms with Crippen molar-refractivity contribution in [1.82, 2.24) is 9.13 Å². The maximum absolute atomic E-state index is 6.64. The Bertz CT molecular complexity index is 5020. The largest absolute Gasteiger partial charge is 0.456 e. The molecule has 4 nitrogen and oxygen atoms in total. The zero-order valence-electron chi connectivity index (χ0n) is 45.5. The summed E-state index contributed by atoms with van der Waals surface area (Å²) in [4.78, 5) is 2.71. The van der Waals surface area contributed by atoms with E-state index in [0.717, 1.165) is 43.9 Å². The van der Waals surface area contributed by atoms with Gasteiger partial charge in [0, 0.05) is 63.7 Å². The third kappa shape index (κ3) is 5.23. The summed E-state index contributed by atoms with van der Waals surface area (Å²) in [6.45, 7) is 9.76. The van der Waals surface area contributed by atoms with E-state index < -0.39 is 10.8 Å². The number of rotatable bonds is 2. The molecule has 0 saturated carbocycles. The van der Waals surface area contributed by atoms with E-state index in [4.69, 9.17) is 8.83 Å². The fourth-order valence-electron chi connectivity index (χ4n) is 16.4. The summed E-state index contributed by atoms with van der Waals surface area (Å²) >= 11 is 3.98. The van der Waals surface area contributed by atoms with Crippen molar-refractivity contribution in [3.05, 3.63) is 296 Å². The van der Waals surface area contributed by atoms with E-state index >= 15 is 0 Å². The molecule has 6 heterocycles. The smallest absolute Gasteiger partial charge is 0.136 e. The fourth-order valence-corrected chi connectivity index (χ4v) is 19.4. The van der Waals surface area contributed by atoms with Crippen LogP contribution in [0.15, 0.2) is 239 Å². The lowest BCUT2D eigenvalue weighted by atomic mass is 9.48. The van der Waals surface area contributed by atoms with Crippen LogP contribution in [0.25, 0.3) is 97.5 Å². The summed E-state index contributed by atoms with van der Waals surface area (Å²) in [5.41, 5.74) is 19.7. The molecule has 0 N–H and O–H groups in total. The first kappa shape index (κ1) is 45.5. The zero-order chi connectivity index (χ0) is 54.2. The number of hydrogen-bond acceptors (Lipinski definition) is 4. The Hall–Kier alpha value is -9.20. The lowest BCUT2D eigenvalue weighted by Gasteiger charge is -2.55. The second-order valence-corrected chi connectivity index (χ2v) is 26.2. The minimum atomic E-state index is -0.743. The van der Waals surface area contributed by atoms with Gasteiger partial charge in [-0.25, -0.2) is 0 Å². The molecular formula is C76H50N2O2S2. The summed E-state index contributed by atoms with van der Waals surface area (Å²) < 4.78 is 18.5. The zero-order valence-corrected chi connectivity index (χ0v) is 47.1. The molecule has 82 heavy (non-hydrogen) atoms. The van der Waals surface area contributed by atoms with Gasteiger partial charge < -0.3 is 18.0 Å². The average molecular weight is 1090 g/mol. The second-order valence-electron chi connectivity index (χ2n) is 24.2. The Morgan fingerprint density at radius 1 is 0.280 bits per heavy atom. The molecule has 6 heteroatoms. The van der Waals surface area contributed by atoms with Gasteiger partial charge in [0.05, 0.1) is 32.9 Å². The highest BCUT2D eigenvalue weighted by molar-refractivity contribution is 7.16. The lowest BCUT2D eigenvalue weighted by Crippen LogP contribution is -2.50. The predicted molar refractivity (Wildman–Crippen MR) is 340 cm³/mol. The van der Waals surface area contributed by atoms with Crippen LogP contribution in [0.3, 0.4) is 0 Å². The lowest BCUT2D eigenvalue weighted by molar-refractivity contribution is 0.522. The van der Waals surface area contributed by atoms with Crippen molar-refractivity contribution in [3.8, 4) is 10.0 Å². The fraction of sp³-hybridized carbons (Fsp3) is 0.105. The highest BCUT2D eigenvalue weighted by Crippen LogP contribution is 2.70. The van der Waals surface area contributed by atoms with Crippen molar-refractivity contribution in [1.29, 1.82) is 0 Å². The Morgan fingerprint density at radius 2 is 0.598 bits per heavy atom. The molecule has 0 aliphatic heterocycles. The first-order valence-corrected chi connectivity index (χ1v) is 30.2. The number of fused-ring (bicyclic) bond motifs is 28. The maximum atomic E-state index is 6.64. The molecule has 16 aromatic rings. The summed E-state index contributed by atoms with van der Waals surface area (Å²) in [5, 5.41) is 11.8. The van der Waals surface area contributed by atoms with Gasteiger partial charge >= 0.3 is 0 Å². The molecule has 0 atom stereocenters. The SMILES string of the molecule is CC1(C)c2ccccc2C2(c3ccccc31)c1cc(-n3c4ccccc4c4c5c(ccc43)oc3ccccc35)sc1C1(c3ccccc3C(C)(C)c3ccccc31)c1cc(-n3c4ccccc4c4c5c(ccc43)oc3ccccc35)sc12. The van der Waals surface area contributed by atoms with E-state index in [1.165, 1.54) is 119 Å². The minimum Gasteiger partial charge on any atom is -0.456 e. The number of furan rings is 2. The van der Waals surface area contributed by atoms with Crippen molar-refractivity contribution in [3.63, 3.8) is 0 Å². The van der Waals surface area contributed by atoms with E-state index in [9.17, 15) is 0 Å². The first-order chi connectivity index (χ1) is 40.2. The van der Waals surface area contributed by atoms with Crippen LogP contribution in [-0.2, 0) is 21.7 Å². The van der Waals surface area contributed by atoms with Crippen molar-refractivity contribution in [2.45, 2.75) is 49.4 Å². The molecule has 2 spiro atoms. The number of aromatic nitrogens is 2. The molecule has 0 radical (unpaired) electrons. The third-order valence-corrected chi connectivity index (χ3v) is 22.2. The van der Waals surface area contributed by atoms with Crippen molar-refractivity contribution < 1.29 is 8.83 Å². The van der Waals surface area contributed by atoms with Gasteiger partial charge in [0.2, 0.25) is 0 Å². The molecule has 0 fully saturated rings. The second kappa shape index (κ2) is 15.4. The van der Waals surface area contributed by atoms with Crippen LogP contribution in [0.2, 0.25) is 0 Å². The average Bonchev–Trinajstić information content (AvgIpc) is 1.81. The van der Waals surface area contributed by atoms with Gasteiger partial charge in [-0.2, -0.15) is 0 Å². The van der Waals surface area contributed by atoms with Crippen LogP contribution >= 0.6 is 22.7 Å². The van der Waals surface area contributed by atoms with E-state index in [-0.39, 0.29) is 10.8 Å². The number of hydrogen-bond donors (Lipinski definition) is 0. The Labute approximate surface area is 480 Å². The molecule has 0 bridgehead atoms. The Balaban J connectivity index is 1.02. The maximum Gasteiger partial charge on any atom is 0.136 e. The van der Waals surface area contributed by atoms with Crippen LogP contribution in [0.1, 0.15) is 93.1 Å². The Kier molecular flexibility index (Phi) is 8.56. The van der Waals surface area contributed by atoms with E-state index in [1.807, 2.05) is 22.7 Å². The number of para-hydroxylation sites is 4. The normalized spacial score (nSPS) is 16.0. The van der Waals surface area contributed by atoms with Crippen LogP contribution in [0.5, 0.6) is 0 Å². The third-order valence-electron chi connectivity index (χ3n) is 19.7. The van der Waals surface area contributed by atoms with Gasteiger partial charge in [-0.05, 0) is 116 Å². The number of nitrogens with zero attached hydrogens (tertiary/aromatic N) is 2. The van der Waals surface area contributed by atoms with E-state index in [0.29, 0.717) is 0 Å². The highest BCUT2D eigenvalue weighted by atomic mass is 32.1. The van der Waals surface area contributed by atoms with Gasteiger partial charge in [0.25, 0.3) is 0 Å². The van der Waals surface area contributed by atoms with Crippen LogP contribution < -0.4 is 0 Å². The number of benzene rings is 10. The van der Waals surface area contributed by atoms with Gasteiger partial charge in [0.1, 0.15) is 32.3 Å². The summed E-state index contributed by atoms with van der Waals surface area (Å²) in [6, 6.07) is 87.2. The van der Waals surface area contributed by atoms with Crippen LogP contribution in [-0.4, -0.2) is 9.13 Å². The van der Waals surface area contributed by atoms with Gasteiger partial charge in [-0.15, -0.1) is 22.7 Å². The highest BCUT2D eigenvalue weighted by Gasteiger charge is 2.62. The topological polar surface area (TPSA) is 36.1 Å². The summed E-state index contributed by atoms with van der Waals surface area (Å²) in [6.07, 6.45) is 0. The van der Waals surface area contributed by atoms with E-state index in [1.54, 1.807) is 0 Å². The van der Waals surface area contributed by atoms with Crippen molar-refractivity contribution in [2.24, 2.45) is 0 Å². The van der Waals surface area contributed by atoms with Gasteiger partial charge in [0.15, 0.2) is 0 Å². The van der Waals surface area contributed by atoms with Gasteiger partial charge in [-0.3, -0.25) is 0 Å². The summed E-state index contributed by atoms with van der Waals surface area (Å²) in [7, 11) is 0. The molecule has 0 saturated heterocycles. The summed E-state index contributed by atoms with van der Waals surface area (Å²) in [5.74, 6) is 0. The van der Waals surface area contributed by atoms with Crippen molar-refractivity contribution in [2.75, 3.05) is 0 Å². The molecule has 3 aliphatic carbocycles. The molecule has 6 aromatic heterocycles. The molecule has 388 valence electrons. The molecule has 3 aliphatic rings. The molecule has 0 amide bonds. The van der Waals surface area contributed by atoms with Crippen molar-refractivity contribution >= 4 is 110 Å². The quantitative estimate of drug-likeness (QED) is 0.173. The van der Waals surface area contributed by atoms with Gasteiger partial charge in [-0.1, -0.05) is 198 Å². The van der Waals surface area contributed by atoms with E-state index in [2.05, 4.69) is 267 Å². The molecule has 19 rings (SSSR count). The molecule has 0 unspecified atom stereocenters. The Morgan fingerprint density at radius 3 is 0.976 bits per heavy atom. The standard InChI is InChI=1S/C76H50N2O2S2/c1-73(2)47-25-9-13-29-51(47)75(52-30-14-10-26-48(52)73)55-41-65(77-57-33-17-5-21-43(57)67-59(77)37-39-63-69(67)45-23-7-19-35-61(45)79-63)82-72(55)76(53-31-15-11-27-49(53)74(3,4)50-28-12-16-32-54(50)76)56-42-66(81-71(56)75)78-58-34-18-6-22-44(58)68-60(78)38-40-64-70(68)46-24-8-20-36-62(46)80-64/h5-42H,1-4H3. The molecule has 10 aromatic carbocycles. The predicted octanol–water partition coefficient (Wildman–Crippen LogP) is 20.2. The van der Waals surface area contributed by atoms with Crippen LogP contribution in [0, 0.1) is 0 Å². The minimum absolute atomic E-state index is 0.294. The van der Waals surface area contributed by atoms with Crippen LogP contribution in [0.4, 0.5) is 0 Å². The number of thiophene rings is 2. The first-order valence-electron chi connectivity index (χ1n) is 28.6. The molecular weight excluding hydrogens is 1040 g/mol. The monoisotopic (exact) mass is 1090 g/mol.